The molecule has 0 bridgehead atoms. The molecule has 0 aliphatic heterocycles. The molecule has 0 spiro atoms. The maximum Gasteiger partial charge on any atom is 0.338 e. The monoisotopic (exact) mass is 282 g/mol. The molecular weight excluding hydrogens is 264 g/mol. The number of aromatic carboxylic acids is 1. The normalized spacial score (nSPS) is 10.3. The number of aromatic nitrogens is 1. The van der Waals surface area contributed by atoms with Crippen LogP contribution in [0.4, 0.5) is 0 Å². The maximum atomic E-state index is 11.2. The maximum absolute atomic E-state index is 11.2. The van der Waals surface area contributed by atoms with Gasteiger partial charge >= 0.3 is 5.97 Å². The summed E-state index contributed by atoms with van der Waals surface area (Å²) in [5.74, 6) is -0.296. The highest BCUT2D eigenvalue weighted by molar-refractivity contribution is 7.99. The third kappa shape index (κ3) is 4.55. The largest absolute Gasteiger partial charge is 0.478 e. The molecule has 5 nitrogen and oxygen atoms in total. The minimum Gasteiger partial charge on any atom is -0.478 e. The van der Waals surface area contributed by atoms with Crippen molar-refractivity contribution in [1.82, 2.24) is 10.3 Å². The Balaban J connectivity index is 2.72. The van der Waals surface area contributed by atoms with Gasteiger partial charge in [0.1, 0.15) is 5.03 Å². The molecule has 0 aliphatic carbocycles. The fourth-order valence-corrected chi connectivity index (χ4v) is 2.78. The zero-order chi connectivity index (χ0) is 14.4. The van der Waals surface area contributed by atoms with E-state index in [-0.39, 0.29) is 11.5 Å². The fourth-order valence-electron chi connectivity index (χ4n) is 1.69. The van der Waals surface area contributed by atoms with Gasteiger partial charge in [-0.1, -0.05) is 0 Å². The molecule has 19 heavy (non-hydrogen) atoms. The molecule has 0 saturated carbocycles. The second-order valence-corrected chi connectivity index (χ2v) is 5.27. The Bertz CT molecular complexity index is 489. The fraction of sp³-hybridized carbons (Fsp3) is 0.462. The predicted molar refractivity (Wildman–Crippen MR) is 74.7 cm³/mol. The van der Waals surface area contributed by atoms with E-state index >= 15 is 0 Å². The molecule has 0 fully saturated rings. The van der Waals surface area contributed by atoms with E-state index in [0.29, 0.717) is 29.2 Å². The number of nitrogens with one attached hydrogen (secondary N) is 1. The first-order chi connectivity index (χ1) is 8.95. The first-order valence-corrected chi connectivity index (χ1v) is 6.99. The second-order valence-electron chi connectivity index (χ2n) is 4.19. The molecule has 1 heterocycles. The SMILES string of the molecule is CNC(=O)CCCSc1nc(C)cc(C)c1C(=O)O. The summed E-state index contributed by atoms with van der Waals surface area (Å²) in [6, 6.07) is 1.76. The number of carbonyl (C=O) groups is 2. The van der Waals surface area contributed by atoms with Gasteiger partial charge in [-0.2, -0.15) is 0 Å². The van der Waals surface area contributed by atoms with Crippen LogP contribution in [0.3, 0.4) is 0 Å². The Morgan fingerprint density at radius 1 is 1.42 bits per heavy atom. The zero-order valence-electron chi connectivity index (χ0n) is 11.3. The molecule has 2 N–H and O–H groups in total. The van der Waals surface area contributed by atoms with E-state index < -0.39 is 5.97 Å². The minimum atomic E-state index is -0.959. The van der Waals surface area contributed by atoms with E-state index in [1.165, 1.54) is 11.8 Å². The van der Waals surface area contributed by atoms with Crippen LogP contribution >= 0.6 is 11.8 Å². The first-order valence-electron chi connectivity index (χ1n) is 6.00. The highest BCUT2D eigenvalue weighted by atomic mass is 32.2. The second kappa shape index (κ2) is 7.13. The van der Waals surface area contributed by atoms with E-state index in [4.69, 9.17) is 0 Å². The van der Waals surface area contributed by atoms with Crippen LogP contribution in [0.25, 0.3) is 0 Å². The Morgan fingerprint density at radius 3 is 2.68 bits per heavy atom. The summed E-state index contributed by atoms with van der Waals surface area (Å²) in [5, 5.41) is 12.3. The minimum absolute atomic E-state index is 0.00700. The van der Waals surface area contributed by atoms with Crippen LogP contribution in [0.5, 0.6) is 0 Å². The highest BCUT2D eigenvalue weighted by Gasteiger charge is 2.15. The number of thioether (sulfide) groups is 1. The Hall–Kier alpha value is -1.56. The standard InChI is InChI=1S/C13H18N2O3S/c1-8-7-9(2)15-12(11(8)13(17)18)19-6-4-5-10(16)14-3/h7H,4-6H2,1-3H3,(H,14,16)(H,17,18). The molecule has 0 saturated heterocycles. The van der Waals surface area contributed by atoms with Crippen molar-refractivity contribution in [2.45, 2.75) is 31.7 Å². The number of pyridine rings is 1. The average Bonchev–Trinajstić information content (AvgIpc) is 2.32. The zero-order valence-corrected chi connectivity index (χ0v) is 12.1. The number of hydrogen-bond acceptors (Lipinski definition) is 4. The molecule has 6 heteroatoms. The van der Waals surface area contributed by atoms with Gasteiger partial charge in [-0.05, 0) is 31.9 Å². The quantitative estimate of drug-likeness (QED) is 0.616. The van der Waals surface area contributed by atoms with Crippen LogP contribution in [0.15, 0.2) is 11.1 Å². The van der Waals surface area contributed by atoms with E-state index in [0.717, 1.165) is 5.69 Å². The Morgan fingerprint density at radius 2 is 2.11 bits per heavy atom. The van der Waals surface area contributed by atoms with Gasteiger partial charge in [0.05, 0.1) is 5.56 Å². The number of carboxylic acids is 1. The number of carbonyl (C=O) groups excluding carboxylic acids is 1. The van der Waals surface area contributed by atoms with Gasteiger partial charge in [0.15, 0.2) is 0 Å². The van der Waals surface area contributed by atoms with Crippen molar-refractivity contribution in [3.05, 3.63) is 22.9 Å². The lowest BCUT2D eigenvalue weighted by Gasteiger charge is -2.09. The molecular formula is C13H18N2O3S. The Labute approximate surface area is 116 Å². The number of carboxylic acid groups (broad SMARTS) is 1. The van der Waals surface area contributed by atoms with Gasteiger partial charge in [0, 0.05) is 24.9 Å². The predicted octanol–water partition coefficient (Wildman–Crippen LogP) is 2.01. The Kier molecular flexibility index (Phi) is 5.82. The van der Waals surface area contributed by atoms with Crippen LogP contribution in [0.2, 0.25) is 0 Å². The van der Waals surface area contributed by atoms with Gasteiger partial charge in [-0.15, -0.1) is 11.8 Å². The molecule has 0 unspecified atom stereocenters. The van der Waals surface area contributed by atoms with E-state index in [1.54, 1.807) is 20.0 Å². The van der Waals surface area contributed by atoms with Crippen molar-refractivity contribution in [3.63, 3.8) is 0 Å². The lowest BCUT2D eigenvalue weighted by atomic mass is 10.1. The van der Waals surface area contributed by atoms with Gasteiger partial charge in [-0.3, -0.25) is 4.79 Å². The summed E-state index contributed by atoms with van der Waals surface area (Å²) in [6.45, 7) is 3.61. The van der Waals surface area contributed by atoms with Crippen molar-refractivity contribution in [2.24, 2.45) is 0 Å². The summed E-state index contributed by atoms with van der Waals surface area (Å²) < 4.78 is 0. The summed E-state index contributed by atoms with van der Waals surface area (Å²) in [4.78, 5) is 26.6. The summed E-state index contributed by atoms with van der Waals surface area (Å²) in [5.41, 5.74) is 1.78. The van der Waals surface area contributed by atoms with E-state index in [2.05, 4.69) is 10.3 Å². The van der Waals surface area contributed by atoms with Crippen LogP contribution in [-0.2, 0) is 4.79 Å². The third-order valence-electron chi connectivity index (χ3n) is 2.59. The van der Waals surface area contributed by atoms with Crippen molar-refractivity contribution in [2.75, 3.05) is 12.8 Å². The van der Waals surface area contributed by atoms with Crippen molar-refractivity contribution in [3.8, 4) is 0 Å². The van der Waals surface area contributed by atoms with E-state index in [1.807, 2.05) is 6.92 Å². The van der Waals surface area contributed by atoms with Gasteiger partial charge in [0.2, 0.25) is 5.91 Å². The van der Waals surface area contributed by atoms with Gasteiger partial charge in [-0.25, -0.2) is 9.78 Å². The molecule has 1 aromatic rings. The number of nitrogens with zero attached hydrogens (tertiary/aromatic N) is 1. The molecule has 104 valence electrons. The summed E-state index contributed by atoms with van der Waals surface area (Å²) in [6.07, 6.45) is 1.13. The highest BCUT2D eigenvalue weighted by Crippen LogP contribution is 2.25. The van der Waals surface area contributed by atoms with Gasteiger partial charge < -0.3 is 10.4 Å². The van der Waals surface area contributed by atoms with Crippen molar-refractivity contribution < 1.29 is 14.7 Å². The van der Waals surface area contributed by atoms with Crippen LogP contribution in [-0.4, -0.2) is 34.8 Å². The van der Waals surface area contributed by atoms with Crippen molar-refractivity contribution >= 4 is 23.6 Å². The van der Waals surface area contributed by atoms with E-state index in [9.17, 15) is 14.7 Å². The summed E-state index contributed by atoms with van der Waals surface area (Å²) >= 11 is 1.38. The topological polar surface area (TPSA) is 79.3 Å². The molecule has 1 aromatic heterocycles. The molecule has 0 aliphatic rings. The molecule has 0 atom stereocenters. The van der Waals surface area contributed by atoms with Crippen LogP contribution in [0.1, 0.15) is 34.5 Å². The smallest absolute Gasteiger partial charge is 0.338 e. The number of hydrogen-bond donors (Lipinski definition) is 2. The molecule has 1 rings (SSSR count). The average molecular weight is 282 g/mol. The number of aryl methyl sites for hydroxylation is 2. The molecule has 0 aromatic carbocycles. The number of rotatable bonds is 6. The van der Waals surface area contributed by atoms with Crippen LogP contribution in [0, 0.1) is 13.8 Å². The van der Waals surface area contributed by atoms with Crippen LogP contribution < -0.4 is 5.32 Å². The first kappa shape index (κ1) is 15.5. The van der Waals surface area contributed by atoms with Gasteiger partial charge in [0.25, 0.3) is 0 Å². The lowest BCUT2D eigenvalue weighted by molar-refractivity contribution is -0.120. The summed E-state index contributed by atoms with van der Waals surface area (Å²) in [7, 11) is 1.60. The molecule has 0 radical (unpaired) electrons. The lowest BCUT2D eigenvalue weighted by Crippen LogP contribution is -2.17. The van der Waals surface area contributed by atoms with Crippen molar-refractivity contribution in [1.29, 1.82) is 0 Å². The number of amides is 1. The molecule has 1 amide bonds. The third-order valence-corrected chi connectivity index (χ3v) is 3.65.